The first-order valence-corrected chi connectivity index (χ1v) is 10.9. The molecule has 0 fully saturated rings. The number of nitrogens with zero attached hydrogens (tertiary/aromatic N) is 1. The van der Waals surface area contributed by atoms with Crippen molar-refractivity contribution in [2.45, 2.75) is 0 Å². The predicted octanol–water partition coefficient (Wildman–Crippen LogP) is 7.54. The zero-order valence-electron chi connectivity index (χ0n) is 16.5. The van der Waals surface area contributed by atoms with Crippen LogP contribution in [0.15, 0.2) is 102 Å². The molecule has 1 aromatic heterocycles. The van der Waals surface area contributed by atoms with E-state index >= 15 is 0 Å². The SMILES string of the molecule is O=C1c2ccccc2-c2nc(-c3ccc4ccccc4c3)cc(-c3ccc(Br)cc3)c21. The monoisotopic (exact) mass is 461 g/mol. The largest absolute Gasteiger partial charge is 0.288 e. The van der Waals surface area contributed by atoms with Crippen molar-refractivity contribution in [3.8, 4) is 33.6 Å². The number of hydrogen-bond donors (Lipinski definition) is 0. The van der Waals surface area contributed by atoms with Crippen LogP contribution >= 0.6 is 15.9 Å². The molecule has 5 aromatic rings. The number of carbonyl (C=O) groups is 1. The van der Waals surface area contributed by atoms with Crippen molar-refractivity contribution in [1.29, 1.82) is 0 Å². The topological polar surface area (TPSA) is 30.0 Å². The van der Waals surface area contributed by atoms with Crippen LogP contribution in [0.4, 0.5) is 0 Å². The third kappa shape index (κ3) is 2.93. The average molecular weight is 462 g/mol. The molecule has 0 amide bonds. The molecule has 1 aliphatic rings. The van der Waals surface area contributed by atoms with Crippen LogP contribution < -0.4 is 0 Å². The van der Waals surface area contributed by atoms with E-state index in [4.69, 9.17) is 4.98 Å². The Hall–Kier alpha value is -3.56. The second kappa shape index (κ2) is 7.00. The number of aromatic nitrogens is 1. The molecule has 0 unspecified atom stereocenters. The van der Waals surface area contributed by atoms with Gasteiger partial charge in [-0.05, 0) is 46.2 Å². The van der Waals surface area contributed by atoms with Gasteiger partial charge in [-0.15, -0.1) is 0 Å². The lowest BCUT2D eigenvalue weighted by molar-refractivity contribution is 0.104. The Balaban J connectivity index is 1.64. The molecule has 31 heavy (non-hydrogen) atoms. The zero-order chi connectivity index (χ0) is 20.9. The molecule has 1 aliphatic carbocycles. The quantitative estimate of drug-likeness (QED) is 0.266. The fraction of sp³-hybridized carbons (Fsp3) is 0. The fourth-order valence-corrected chi connectivity index (χ4v) is 4.61. The van der Waals surface area contributed by atoms with Gasteiger partial charge in [0.1, 0.15) is 0 Å². The Morgan fingerprint density at radius 2 is 1.29 bits per heavy atom. The van der Waals surface area contributed by atoms with Crippen LogP contribution in [0.1, 0.15) is 15.9 Å². The number of rotatable bonds is 2. The van der Waals surface area contributed by atoms with Crippen molar-refractivity contribution in [3.05, 3.63) is 113 Å². The highest BCUT2D eigenvalue weighted by Crippen LogP contribution is 2.42. The van der Waals surface area contributed by atoms with E-state index in [1.807, 2.05) is 60.7 Å². The highest BCUT2D eigenvalue weighted by molar-refractivity contribution is 9.10. The maximum atomic E-state index is 13.3. The van der Waals surface area contributed by atoms with Crippen molar-refractivity contribution in [3.63, 3.8) is 0 Å². The first kappa shape index (κ1) is 18.2. The van der Waals surface area contributed by atoms with Crippen molar-refractivity contribution in [1.82, 2.24) is 4.98 Å². The van der Waals surface area contributed by atoms with E-state index in [2.05, 4.69) is 52.3 Å². The summed E-state index contributed by atoms with van der Waals surface area (Å²) in [6, 6.07) is 32.6. The summed E-state index contributed by atoms with van der Waals surface area (Å²) in [5.41, 5.74) is 6.91. The summed E-state index contributed by atoms with van der Waals surface area (Å²) < 4.78 is 1.01. The normalized spacial score (nSPS) is 12.1. The maximum absolute atomic E-state index is 13.3. The number of hydrogen-bond acceptors (Lipinski definition) is 2. The van der Waals surface area contributed by atoms with E-state index in [1.165, 1.54) is 10.8 Å². The van der Waals surface area contributed by atoms with Crippen LogP contribution in [0.2, 0.25) is 0 Å². The lowest BCUT2D eigenvalue weighted by atomic mass is 9.95. The molecule has 0 saturated heterocycles. The second-order valence-corrected chi connectivity index (χ2v) is 8.64. The van der Waals surface area contributed by atoms with Crippen LogP contribution in [0.5, 0.6) is 0 Å². The number of halogens is 1. The van der Waals surface area contributed by atoms with Gasteiger partial charge in [0.25, 0.3) is 0 Å². The van der Waals surface area contributed by atoms with Gasteiger partial charge in [-0.2, -0.15) is 0 Å². The third-order valence-electron chi connectivity index (χ3n) is 5.87. The second-order valence-electron chi connectivity index (χ2n) is 7.72. The highest BCUT2D eigenvalue weighted by atomic mass is 79.9. The molecule has 4 aromatic carbocycles. The van der Waals surface area contributed by atoms with Gasteiger partial charge in [-0.25, -0.2) is 4.98 Å². The Kier molecular flexibility index (Phi) is 4.12. The van der Waals surface area contributed by atoms with Crippen LogP contribution in [-0.2, 0) is 0 Å². The lowest BCUT2D eigenvalue weighted by Gasteiger charge is -2.12. The molecular weight excluding hydrogens is 446 g/mol. The number of fused-ring (bicyclic) bond motifs is 4. The first-order valence-electron chi connectivity index (χ1n) is 10.1. The number of carbonyl (C=O) groups excluding carboxylic acids is 1. The van der Waals surface area contributed by atoms with Gasteiger partial charge in [-0.3, -0.25) is 4.79 Å². The van der Waals surface area contributed by atoms with Gasteiger partial charge in [0, 0.05) is 21.2 Å². The van der Waals surface area contributed by atoms with Crippen molar-refractivity contribution in [2.24, 2.45) is 0 Å². The van der Waals surface area contributed by atoms with Crippen molar-refractivity contribution >= 4 is 32.5 Å². The van der Waals surface area contributed by atoms with Crippen molar-refractivity contribution in [2.75, 3.05) is 0 Å². The van der Waals surface area contributed by atoms with E-state index in [-0.39, 0.29) is 5.78 Å². The Morgan fingerprint density at radius 1 is 0.613 bits per heavy atom. The summed E-state index contributed by atoms with van der Waals surface area (Å²) in [5, 5.41) is 2.37. The summed E-state index contributed by atoms with van der Waals surface area (Å²) in [6.45, 7) is 0. The molecule has 0 aliphatic heterocycles. The number of ketones is 1. The first-order chi connectivity index (χ1) is 15.2. The fourth-order valence-electron chi connectivity index (χ4n) is 4.35. The van der Waals surface area contributed by atoms with Crippen LogP contribution in [-0.4, -0.2) is 10.8 Å². The average Bonchev–Trinajstić information content (AvgIpc) is 3.11. The Bertz CT molecular complexity index is 1500. The third-order valence-corrected chi connectivity index (χ3v) is 6.40. The van der Waals surface area contributed by atoms with Crippen LogP contribution in [0, 0.1) is 0 Å². The molecule has 0 radical (unpaired) electrons. The van der Waals surface area contributed by atoms with Gasteiger partial charge in [0.2, 0.25) is 0 Å². The van der Waals surface area contributed by atoms with Gasteiger partial charge < -0.3 is 0 Å². The molecule has 1 heterocycles. The molecular formula is C28H16BrNO. The minimum absolute atomic E-state index is 0.0427. The number of pyridine rings is 1. The van der Waals surface area contributed by atoms with E-state index < -0.39 is 0 Å². The van der Waals surface area contributed by atoms with Gasteiger partial charge in [-0.1, -0.05) is 88.7 Å². The van der Waals surface area contributed by atoms with Crippen molar-refractivity contribution < 1.29 is 4.79 Å². The van der Waals surface area contributed by atoms with E-state index in [1.54, 1.807) is 0 Å². The molecule has 0 atom stereocenters. The maximum Gasteiger partial charge on any atom is 0.196 e. The van der Waals surface area contributed by atoms with Gasteiger partial charge in [0.15, 0.2) is 5.78 Å². The summed E-state index contributed by atoms with van der Waals surface area (Å²) >= 11 is 3.51. The minimum atomic E-state index is 0.0427. The summed E-state index contributed by atoms with van der Waals surface area (Å²) in [7, 11) is 0. The summed E-state index contributed by atoms with van der Waals surface area (Å²) in [5.74, 6) is 0.0427. The zero-order valence-corrected chi connectivity index (χ0v) is 18.1. The van der Waals surface area contributed by atoms with Crippen LogP contribution in [0.25, 0.3) is 44.4 Å². The summed E-state index contributed by atoms with van der Waals surface area (Å²) in [4.78, 5) is 18.3. The molecule has 0 bridgehead atoms. The highest BCUT2D eigenvalue weighted by Gasteiger charge is 2.31. The smallest absolute Gasteiger partial charge is 0.196 e. The molecule has 0 spiro atoms. The van der Waals surface area contributed by atoms with E-state index in [0.717, 1.165) is 43.7 Å². The molecule has 0 N–H and O–H groups in total. The number of benzene rings is 4. The molecule has 0 saturated carbocycles. The van der Waals surface area contributed by atoms with Gasteiger partial charge >= 0.3 is 0 Å². The Labute approximate surface area is 188 Å². The molecule has 3 heteroatoms. The molecule has 146 valence electrons. The van der Waals surface area contributed by atoms with Crippen LogP contribution in [0.3, 0.4) is 0 Å². The van der Waals surface area contributed by atoms with E-state index in [0.29, 0.717) is 5.56 Å². The van der Waals surface area contributed by atoms with Gasteiger partial charge in [0.05, 0.1) is 17.0 Å². The standard InChI is InChI=1S/C28H16BrNO/c29-21-13-11-18(12-14-21)24-16-25(20-10-9-17-5-1-2-6-19(17)15-20)30-27-22-7-3-4-8-23(22)28(31)26(24)27/h1-16H. The summed E-state index contributed by atoms with van der Waals surface area (Å²) in [6.07, 6.45) is 0. The lowest BCUT2D eigenvalue weighted by Crippen LogP contribution is -2.00. The molecule has 2 nitrogen and oxygen atoms in total. The Morgan fingerprint density at radius 3 is 2.10 bits per heavy atom. The predicted molar refractivity (Wildman–Crippen MR) is 129 cm³/mol. The van der Waals surface area contributed by atoms with E-state index in [9.17, 15) is 4.79 Å². The minimum Gasteiger partial charge on any atom is -0.288 e. The molecule has 6 rings (SSSR count).